The first kappa shape index (κ1) is 30.6. The monoisotopic (exact) mass is 611 g/mol. The molecular formula is C27H28Cl3N3O5S. The van der Waals surface area contributed by atoms with E-state index in [9.17, 15) is 18.0 Å². The van der Waals surface area contributed by atoms with Gasteiger partial charge in [-0.1, -0.05) is 58.6 Å². The van der Waals surface area contributed by atoms with E-state index in [1.54, 1.807) is 37.3 Å². The normalized spacial score (nSPS) is 12.0. The first-order valence-electron chi connectivity index (χ1n) is 11.8. The number of amides is 2. The zero-order valence-corrected chi connectivity index (χ0v) is 24.8. The maximum atomic E-state index is 13.8. The lowest BCUT2D eigenvalue weighted by Crippen LogP contribution is -2.50. The number of carbonyl (C=O) groups is 2. The van der Waals surface area contributed by atoms with Crippen molar-refractivity contribution in [1.29, 1.82) is 0 Å². The molecule has 208 valence electrons. The molecule has 0 saturated heterocycles. The average Bonchev–Trinajstić information content (AvgIpc) is 2.91. The number of hydrogen-bond acceptors (Lipinski definition) is 5. The van der Waals surface area contributed by atoms with Crippen molar-refractivity contribution in [3.63, 3.8) is 0 Å². The molecule has 1 atom stereocenters. The molecule has 0 aromatic heterocycles. The largest absolute Gasteiger partial charge is 0.495 e. The van der Waals surface area contributed by atoms with Gasteiger partial charge in [0.05, 0.1) is 32.8 Å². The fraction of sp³-hybridized carbons (Fsp3) is 0.259. The Morgan fingerprint density at radius 3 is 2.18 bits per heavy atom. The number of aryl methyl sites for hydroxylation is 1. The van der Waals surface area contributed by atoms with E-state index in [1.807, 2.05) is 6.92 Å². The number of likely N-dealkylation sites (N-methyl/N-ethyl adjacent to an activating group) is 1. The van der Waals surface area contributed by atoms with Gasteiger partial charge in [0.15, 0.2) is 0 Å². The lowest BCUT2D eigenvalue weighted by atomic mass is 10.1. The lowest BCUT2D eigenvalue weighted by Gasteiger charge is -2.32. The number of nitrogens with zero attached hydrogens (tertiary/aromatic N) is 2. The van der Waals surface area contributed by atoms with Crippen LogP contribution in [0.3, 0.4) is 0 Å². The van der Waals surface area contributed by atoms with Crippen molar-refractivity contribution in [1.82, 2.24) is 10.2 Å². The Morgan fingerprint density at radius 1 is 0.949 bits per heavy atom. The van der Waals surface area contributed by atoms with Gasteiger partial charge in [-0.25, -0.2) is 8.42 Å². The molecule has 3 rings (SSSR count). The summed E-state index contributed by atoms with van der Waals surface area (Å²) in [5.74, 6) is -0.711. The van der Waals surface area contributed by atoms with Crippen molar-refractivity contribution in [2.24, 2.45) is 0 Å². The second-order valence-electron chi connectivity index (χ2n) is 8.70. The Morgan fingerprint density at radius 2 is 1.62 bits per heavy atom. The van der Waals surface area contributed by atoms with Gasteiger partial charge < -0.3 is 15.0 Å². The van der Waals surface area contributed by atoms with E-state index in [4.69, 9.17) is 39.5 Å². The number of nitrogens with one attached hydrogen (secondary N) is 1. The smallest absolute Gasteiger partial charge is 0.264 e. The van der Waals surface area contributed by atoms with Gasteiger partial charge in [-0.15, -0.1) is 0 Å². The Bertz CT molecular complexity index is 1470. The van der Waals surface area contributed by atoms with Gasteiger partial charge in [0.25, 0.3) is 10.0 Å². The van der Waals surface area contributed by atoms with Gasteiger partial charge in [-0.2, -0.15) is 0 Å². The molecule has 0 radical (unpaired) electrons. The van der Waals surface area contributed by atoms with Crippen molar-refractivity contribution < 1.29 is 22.7 Å². The predicted molar refractivity (Wildman–Crippen MR) is 154 cm³/mol. The molecule has 3 aromatic rings. The molecule has 0 fully saturated rings. The fourth-order valence-electron chi connectivity index (χ4n) is 3.80. The van der Waals surface area contributed by atoms with Crippen LogP contribution >= 0.6 is 34.8 Å². The highest BCUT2D eigenvalue weighted by Crippen LogP contribution is 2.32. The molecule has 3 aromatic carbocycles. The molecule has 39 heavy (non-hydrogen) atoms. The third kappa shape index (κ3) is 7.16. The molecule has 0 aliphatic rings. The minimum Gasteiger partial charge on any atom is -0.495 e. The van der Waals surface area contributed by atoms with Gasteiger partial charge in [0.2, 0.25) is 11.8 Å². The minimum atomic E-state index is -4.23. The van der Waals surface area contributed by atoms with E-state index < -0.39 is 34.4 Å². The zero-order valence-electron chi connectivity index (χ0n) is 21.7. The van der Waals surface area contributed by atoms with Gasteiger partial charge in [0.1, 0.15) is 18.3 Å². The fourth-order valence-corrected chi connectivity index (χ4v) is 5.78. The van der Waals surface area contributed by atoms with Crippen LogP contribution in [0.1, 0.15) is 18.1 Å². The highest BCUT2D eigenvalue weighted by atomic mass is 35.5. The van der Waals surface area contributed by atoms with E-state index in [0.717, 1.165) is 9.87 Å². The summed E-state index contributed by atoms with van der Waals surface area (Å²) in [6.45, 7) is 2.76. The number of hydrogen-bond donors (Lipinski definition) is 1. The molecule has 2 amide bonds. The number of methoxy groups -OCH3 is 1. The number of anilines is 1. The molecule has 0 unspecified atom stereocenters. The molecule has 1 N–H and O–H groups in total. The van der Waals surface area contributed by atoms with Crippen molar-refractivity contribution in [2.75, 3.05) is 25.0 Å². The van der Waals surface area contributed by atoms with Crippen LogP contribution in [-0.2, 0) is 26.2 Å². The number of benzene rings is 3. The van der Waals surface area contributed by atoms with Crippen LogP contribution in [0.4, 0.5) is 5.69 Å². The van der Waals surface area contributed by atoms with E-state index in [-0.39, 0.29) is 27.2 Å². The molecule has 12 heteroatoms. The maximum Gasteiger partial charge on any atom is 0.264 e. The summed E-state index contributed by atoms with van der Waals surface area (Å²) in [6.07, 6.45) is 0. The molecule has 0 saturated carbocycles. The highest BCUT2D eigenvalue weighted by Gasteiger charge is 2.32. The summed E-state index contributed by atoms with van der Waals surface area (Å²) in [6, 6.07) is 14.6. The number of carbonyl (C=O) groups excluding carboxylic acids is 2. The lowest BCUT2D eigenvalue weighted by molar-refractivity contribution is -0.139. The number of rotatable bonds is 10. The summed E-state index contributed by atoms with van der Waals surface area (Å²) >= 11 is 18.5. The third-order valence-electron chi connectivity index (χ3n) is 6.06. The average molecular weight is 613 g/mol. The molecule has 0 heterocycles. The summed E-state index contributed by atoms with van der Waals surface area (Å²) in [7, 11) is -1.34. The summed E-state index contributed by atoms with van der Waals surface area (Å²) in [5.41, 5.74) is 1.63. The van der Waals surface area contributed by atoms with Crippen LogP contribution < -0.4 is 14.4 Å². The van der Waals surface area contributed by atoms with Crippen LogP contribution in [0.5, 0.6) is 5.75 Å². The molecule has 8 nitrogen and oxygen atoms in total. The second-order valence-corrected chi connectivity index (χ2v) is 11.8. The third-order valence-corrected chi connectivity index (χ3v) is 8.88. The van der Waals surface area contributed by atoms with E-state index in [0.29, 0.717) is 16.3 Å². The predicted octanol–water partition coefficient (Wildman–Crippen LogP) is 5.32. The van der Waals surface area contributed by atoms with E-state index >= 15 is 0 Å². The molecule has 0 spiro atoms. The van der Waals surface area contributed by atoms with Crippen molar-refractivity contribution in [3.05, 3.63) is 86.9 Å². The SMILES string of the molecule is CNC(=O)[C@H](C)N(Cc1ccc(Cl)c(Cl)c1)C(=O)CN(c1ccc(OC)c(Cl)c1)S(=O)(=O)c1ccc(C)cc1. The Balaban J connectivity index is 2.07. The summed E-state index contributed by atoms with van der Waals surface area (Å²) in [4.78, 5) is 27.7. The van der Waals surface area contributed by atoms with Gasteiger partial charge >= 0.3 is 0 Å². The number of sulfonamides is 1. The first-order chi connectivity index (χ1) is 18.4. The van der Waals surface area contributed by atoms with Crippen LogP contribution in [0.15, 0.2) is 65.6 Å². The molecule has 0 bridgehead atoms. The van der Waals surface area contributed by atoms with Crippen LogP contribution in [-0.4, -0.2) is 51.9 Å². The summed E-state index contributed by atoms with van der Waals surface area (Å²) < 4.78 is 33.8. The summed E-state index contributed by atoms with van der Waals surface area (Å²) in [5, 5.41) is 3.31. The molecular weight excluding hydrogens is 585 g/mol. The highest BCUT2D eigenvalue weighted by molar-refractivity contribution is 7.92. The maximum absolute atomic E-state index is 13.8. The van der Waals surface area contributed by atoms with Crippen molar-refractivity contribution >= 4 is 62.3 Å². The van der Waals surface area contributed by atoms with Gasteiger partial charge in [0, 0.05) is 13.6 Å². The van der Waals surface area contributed by atoms with Gasteiger partial charge in [-0.3, -0.25) is 13.9 Å². The topological polar surface area (TPSA) is 96.0 Å². The Kier molecular flexibility index (Phi) is 10.1. The quantitative estimate of drug-likeness (QED) is 0.334. The van der Waals surface area contributed by atoms with Crippen LogP contribution in [0, 0.1) is 6.92 Å². The molecule has 0 aliphatic carbocycles. The van der Waals surface area contributed by atoms with Crippen LogP contribution in [0.2, 0.25) is 15.1 Å². The van der Waals surface area contributed by atoms with Gasteiger partial charge in [-0.05, 0) is 61.9 Å². The minimum absolute atomic E-state index is 0.0109. The van der Waals surface area contributed by atoms with Crippen molar-refractivity contribution in [3.8, 4) is 5.75 Å². The number of halogens is 3. The van der Waals surface area contributed by atoms with Crippen LogP contribution in [0.25, 0.3) is 0 Å². The first-order valence-corrected chi connectivity index (χ1v) is 14.3. The molecule has 0 aliphatic heterocycles. The zero-order chi connectivity index (χ0) is 28.9. The van der Waals surface area contributed by atoms with E-state index in [1.165, 1.54) is 49.4 Å². The van der Waals surface area contributed by atoms with Crippen molar-refractivity contribution in [2.45, 2.75) is 31.3 Å². The Labute approximate surface area is 243 Å². The second kappa shape index (κ2) is 12.9. The Hall–Kier alpha value is -2.98. The standard InChI is InChI=1S/C27H28Cl3N3O5S/c1-17-5-9-21(10-6-17)39(36,37)33(20-8-12-25(38-4)24(30)14-20)16-26(34)32(18(2)27(35)31-3)15-19-7-11-22(28)23(29)13-19/h5-14,18H,15-16H2,1-4H3,(H,31,35)/t18-/m0/s1. The van der Waals surface area contributed by atoms with E-state index in [2.05, 4.69) is 5.32 Å². The number of ether oxygens (including phenoxy) is 1.